The smallest absolute Gasteiger partial charge is 0.252 e. The molecule has 2 aromatic heterocycles. The molecule has 4 aromatic rings. The highest BCUT2D eigenvalue weighted by Crippen LogP contribution is 2.31. The van der Waals surface area contributed by atoms with Crippen molar-refractivity contribution in [1.82, 2.24) is 15.0 Å². The molecule has 6 nitrogen and oxygen atoms in total. The molecule has 1 atom stereocenters. The van der Waals surface area contributed by atoms with Gasteiger partial charge in [0.15, 0.2) is 0 Å². The van der Waals surface area contributed by atoms with Crippen LogP contribution in [0.4, 0.5) is 0 Å². The predicted molar refractivity (Wildman–Crippen MR) is 106 cm³/mol. The highest BCUT2D eigenvalue weighted by atomic mass is 35.5. The van der Waals surface area contributed by atoms with Gasteiger partial charge in [0.25, 0.3) is 5.56 Å². The molecule has 0 fully saturated rings. The van der Waals surface area contributed by atoms with Crippen LogP contribution in [0.1, 0.15) is 17.4 Å². The van der Waals surface area contributed by atoms with Gasteiger partial charge in [-0.2, -0.15) is 0 Å². The number of hydrogen-bond donors (Lipinski definition) is 4. The molecule has 5 N–H and O–H groups in total. The molecule has 0 bridgehead atoms. The number of fused-ring (bicyclic) bond motifs is 1. The monoisotopic (exact) mass is 380 g/mol. The van der Waals surface area contributed by atoms with Crippen molar-refractivity contribution < 1.29 is 5.11 Å². The van der Waals surface area contributed by atoms with E-state index in [0.29, 0.717) is 39.6 Å². The van der Waals surface area contributed by atoms with Crippen LogP contribution >= 0.6 is 11.6 Å². The van der Waals surface area contributed by atoms with Crippen molar-refractivity contribution in [3.63, 3.8) is 0 Å². The third kappa shape index (κ3) is 3.45. The third-order valence-corrected chi connectivity index (χ3v) is 4.70. The Morgan fingerprint density at radius 3 is 2.67 bits per heavy atom. The summed E-state index contributed by atoms with van der Waals surface area (Å²) in [4.78, 5) is 21.8. The molecule has 0 saturated heterocycles. The minimum atomic E-state index is -0.361. The van der Waals surface area contributed by atoms with E-state index in [1.807, 2.05) is 30.3 Å². The zero-order chi connectivity index (χ0) is 19.0. The lowest BCUT2D eigenvalue weighted by atomic mass is 10.1. The Labute approximate surface area is 159 Å². The van der Waals surface area contributed by atoms with E-state index in [-0.39, 0.29) is 17.4 Å². The zero-order valence-corrected chi connectivity index (χ0v) is 15.0. The van der Waals surface area contributed by atoms with Gasteiger partial charge >= 0.3 is 0 Å². The molecule has 2 aromatic carbocycles. The van der Waals surface area contributed by atoms with Crippen LogP contribution in [0.5, 0.6) is 5.75 Å². The van der Waals surface area contributed by atoms with Gasteiger partial charge in [-0.05, 0) is 24.1 Å². The van der Waals surface area contributed by atoms with Gasteiger partial charge in [0.05, 0.1) is 11.6 Å². The second kappa shape index (κ2) is 6.90. The Morgan fingerprint density at radius 1 is 1.11 bits per heavy atom. The molecular weight excluding hydrogens is 364 g/mol. The van der Waals surface area contributed by atoms with Crippen LogP contribution in [0, 0.1) is 0 Å². The van der Waals surface area contributed by atoms with Gasteiger partial charge in [0.1, 0.15) is 22.4 Å². The van der Waals surface area contributed by atoms with Crippen LogP contribution in [0.2, 0.25) is 5.15 Å². The van der Waals surface area contributed by atoms with Crippen molar-refractivity contribution in [3.8, 4) is 17.0 Å². The summed E-state index contributed by atoms with van der Waals surface area (Å²) in [5.41, 5.74) is 8.83. The van der Waals surface area contributed by atoms with E-state index in [4.69, 9.17) is 17.3 Å². The van der Waals surface area contributed by atoms with Crippen LogP contribution in [0.25, 0.3) is 22.2 Å². The summed E-state index contributed by atoms with van der Waals surface area (Å²) in [7, 11) is 0. The number of nitrogens with one attached hydrogen (secondary N) is 2. The van der Waals surface area contributed by atoms with Crippen molar-refractivity contribution in [2.45, 2.75) is 12.5 Å². The molecule has 136 valence electrons. The first kappa shape index (κ1) is 17.3. The summed E-state index contributed by atoms with van der Waals surface area (Å²) in [6, 6.07) is 15.9. The van der Waals surface area contributed by atoms with Crippen molar-refractivity contribution in [2.75, 3.05) is 0 Å². The fourth-order valence-corrected chi connectivity index (χ4v) is 3.33. The molecule has 27 heavy (non-hydrogen) atoms. The summed E-state index contributed by atoms with van der Waals surface area (Å²) >= 11 is 6.35. The highest BCUT2D eigenvalue weighted by molar-refractivity contribution is 6.32. The summed E-state index contributed by atoms with van der Waals surface area (Å²) in [5, 5.41) is 10.9. The largest absolute Gasteiger partial charge is 0.507 e. The summed E-state index contributed by atoms with van der Waals surface area (Å²) in [6.07, 6.45) is 0.629. The van der Waals surface area contributed by atoms with Crippen LogP contribution < -0.4 is 11.3 Å². The lowest BCUT2D eigenvalue weighted by molar-refractivity contribution is 0.480. The number of aromatic amines is 2. The number of imidazole rings is 1. The molecule has 7 heteroatoms. The Bertz CT molecular complexity index is 1170. The standard InChI is InChI=1S/C20H17ClN4O2/c21-19-18(12-6-7-15-13(9-12)16(26)10-17(27)23-15)24-20(25-19)14(22)8-11-4-2-1-3-5-11/h1-7,9-10,14H,8,22H2,(H,24,25)(H2,23,26,27). The van der Waals surface area contributed by atoms with Gasteiger partial charge in [-0.3, -0.25) is 4.79 Å². The van der Waals surface area contributed by atoms with Gasteiger partial charge in [-0.15, -0.1) is 0 Å². The maximum absolute atomic E-state index is 11.5. The minimum absolute atomic E-state index is 0.0942. The lowest BCUT2D eigenvalue weighted by Gasteiger charge is -2.08. The first-order valence-corrected chi connectivity index (χ1v) is 8.80. The van der Waals surface area contributed by atoms with Crippen LogP contribution in [-0.4, -0.2) is 20.1 Å². The number of nitrogens with zero attached hydrogens (tertiary/aromatic N) is 1. The molecule has 0 spiro atoms. The first-order valence-electron chi connectivity index (χ1n) is 8.42. The number of halogens is 1. The van der Waals surface area contributed by atoms with E-state index in [0.717, 1.165) is 11.6 Å². The second-order valence-electron chi connectivity index (χ2n) is 6.36. The molecule has 1 unspecified atom stereocenters. The fourth-order valence-electron chi connectivity index (χ4n) is 3.08. The van der Waals surface area contributed by atoms with Gasteiger partial charge in [-0.1, -0.05) is 48.0 Å². The lowest BCUT2D eigenvalue weighted by Crippen LogP contribution is -2.15. The Balaban J connectivity index is 1.69. The van der Waals surface area contributed by atoms with E-state index in [9.17, 15) is 9.90 Å². The maximum atomic E-state index is 11.5. The molecule has 2 heterocycles. The first-order chi connectivity index (χ1) is 13.0. The van der Waals surface area contributed by atoms with Crippen LogP contribution in [0.3, 0.4) is 0 Å². The molecule has 0 aliphatic carbocycles. The van der Waals surface area contributed by atoms with Crippen molar-refractivity contribution in [3.05, 3.63) is 81.5 Å². The van der Waals surface area contributed by atoms with E-state index in [2.05, 4.69) is 15.0 Å². The number of hydrogen-bond acceptors (Lipinski definition) is 4. The molecule has 0 aliphatic heterocycles. The average molecular weight is 381 g/mol. The van der Waals surface area contributed by atoms with E-state index in [1.165, 1.54) is 0 Å². The number of rotatable bonds is 4. The number of nitrogens with two attached hydrogens (primary N) is 1. The van der Waals surface area contributed by atoms with Gasteiger partial charge in [-0.25, -0.2) is 4.98 Å². The number of aromatic hydroxyl groups is 1. The molecule has 0 amide bonds. The maximum Gasteiger partial charge on any atom is 0.252 e. The van der Waals surface area contributed by atoms with E-state index >= 15 is 0 Å². The van der Waals surface area contributed by atoms with Crippen LogP contribution in [0.15, 0.2) is 59.4 Å². The van der Waals surface area contributed by atoms with Crippen molar-refractivity contribution >= 4 is 22.5 Å². The molecule has 4 rings (SSSR count). The topological polar surface area (TPSA) is 108 Å². The van der Waals surface area contributed by atoms with E-state index in [1.54, 1.807) is 18.2 Å². The predicted octanol–water partition coefficient (Wildman–Crippen LogP) is 3.52. The highest BCUT2D eigenvalue weighted by Gasteiger charge is 2.17. The Hall–Kier alpha value is -3.09. The average Bonchev–Trinajstić information content (AvgIpc) is 3.04. The number of aromatic nitrogens is 3. The Morgan fingerprint density at radius 2 is 1.89 bits per heavy atom. The quantitative estimate of drug-likeness (QED) is 0.434. The van der Waals surface area contributed by atoms with E-state index < -0.39 is 0 Å². The van der Waals surface area contributed by atoms with Crippen molar-refractivity contribution in [2.24, 2.45) is 5.73 Å². The summed E-state index contributed by atoms with van der Waals surface area (Å²) < 4.78 is 0. The fraction of sp³-hybridized carbons (Fsp3) is 0.100. The van der Waals surface area contributed by atoms with Gasteiger partial charge in [0, 0.05) is 17.0 Å². The Kier molecular flexibility index (Phi) is 4.43. The minimum Gasteiger partial charge on any atom is -0.507 e. The molecule has 0 radical (unpaired) electrons. The number of benzene rings is 2. The SMILES string of the molecule is NC(Cc1ccccc1)c1nc(-c2ccc3[nH]c(=O)cc(O)c3c2)c(Cl)[nH]1. The van der Waals surface area contributed by atoms with Crippen molar-refractivity contribution in [1.29, 1.82) is 0 Å². The summed E-state index contributed by atoms with van der Waals surface area (Å²) in [6.45, 7) is 0. The zero-order valence-electron chi connectivity index (χ0n) is 14.2. The number of H-pyrrole nitrogens is 2. The molecule has 0 saturated carbocycles. The van der Waals surface area contributed by atoms with Gasteiger partial charge in [0.2, 0.25) is 0 Å². The normalized spacial score (nSPS) is 12.4. The summed E-state index contributed by atoms with van der Waals surface area (Å²) in [5.74, 6) is 0.493. The van der Waals surface area contributed by atoms with Gasteiger partial charge < -0.3 is 20.8 Å². The van der Waals surface area contributed by atoms with Crippen LogP contribution in [-0.2, 0) is 6.42 Å². The second-order valence-corrected chi connectivity index (χ2v) is 6.74. The third-order valence-electron chi connectivity index (χ3n) is 4.42. The molecular formula is C20H17ClN4O2. The number of pyridine rings is 1. The molecule has 0 aliphatic rings.